The van der Waals surface area contributed by atoms with Gasteiger partial charge in [-0.25, -0.2) is 0 Å². The predicted molar refractivity (Wildman–Crippen MR) is 66.5 cm³/mol. The highest BCUT2D eigenvalue weighted by atomic mass is 16.3. The summed E-state index contributed by atoms with van der Waals surface area (Å²) in [5, 5.41) is 13.2. The smallest absolute Gasteiger partial charge is 0.0474 e. The number of rotatable bonds is 3. The van der Waals surface area contributed by atoms with Gasteiger partial charge in [0.25, 0.3) is 0 Å². The van der Waals surface area contributed by atoms with Crippen LogP contribution in [-0.2, 0) is 0 Å². The Balaban J connectivity index is 1.78. The van der Waals surface area contributed by atoms with Crippen LogP contribution in [0.1, 0.15) is 38.5 Å². The third-order valence-corrected chi connectivity index (χ3v) is 4.31. The van der Waals surface area contributed by atoms with Crippen LogP contribution in [0.25, 0.3) is 0 Å². The monoisotopic (exact) mass is 226 g/mol. The van der Waals surface area contributed by atoms with Gasteiger partial charge in [0.05, 0.1) is 0 Å². The zero-order valence-electron chi connectivity index (χ0n) is 10.5. The minimum atomic E-state index is 0.365. The summed E-state index contributed by atoms with van der Waals surface area (Å²) in [5.41, 5.74) is 0. The topological polar surface area (TPSA) is 35.5 Å². The van der Waals surface area contributed by atoms with Crippen molar-refractivity contribution in [3.63, 3.8) is 0 Å². The standard InChI is InChI=1S/C13H26N2O/c1-15-8-6-12(7-9-15)14-13-5-3-2-4-11(13)10-16/h11-14,16H,2-10H2,1H3. The van der Waals surface area contributed by atoms with E-state index < -0.39 is 0 Å². The summed E-state index contributed by atoms with van der Waals surface area (Å²) >= 11 is 0. The van der Waals surface area contributed by atoms with Gasteiger partial charge in [0.2, 0.25) is 0 Å². The summed E-state index contributed by atoms with van der Waals surface area (Å²) in [4.78, 5) is 2.41. The van der Waals surface area contributed by atoms with Crippen molar-refractivity contribution in [2.75, 3.05) is 26.7 Å². The fourth-order valence-electron chi connectivity index (χ4n) is 3.12. The largest absolute Gasteiger partial charge is 0.396 e. The van der Waals surface area contributed by atoms with Crippen LogP contribution in [0.5, 0.6) is 0 Å². The number of likely N-dealkylation sites (tertiary alicyclic amines) is 1. The molecule has 0 radical (unpaired) electrons. The van der Waals surface area contributed by atoms with Crippen molar-refractivity contribution in [1.29, 1.82) is 0 Å². The number of piperidine rings is 1. The lowest BCUT2D eigenvalue weighted by Gasteiger charge is -2.37. The van der Waals surface area contributed by atoms with E-state index >= 15 is 0 Å². The molecule has 16 heavy (non-hydrogen) atoms. The molecule has 1 aliphatic heterocycles. The SMILES string of the molecule is CN1CCC(NC2CCCCC2CO)CC1. The molecule has 1 saturated carbocycles. The fourth-order valence-corrected chi connectivity index (χ4v) is 3.12. The van der Waals surface area contributed by atoms with Gasteiger partial charge in [-0.1, -0.05) is 12.8 Å². The molecule has 0 aromatic rings. The van der Waals surface area contributed by atoms with E-state index in [1.807, 2.05) is 0 Å². The molecule has 0 aromatic carbocycles. The van der Waals surface area contributed by atoms with E-state index in [4.69, 9.17) is 0 Å². The van der Waals surface area contributed by atoms with E-state index in [-0.39, 0.29) is 0 Å². The second kappa shape index (κ2) is 5.99. The van der Waals surface area contributed by atoms with Gasteiger partial charge < -0.3 is 15.3 Å². The maximum atomic E-state index is 9.38. The maximum absolute atomic E-state index is 9.38. The highest BCUT2D eigenvalue weighted by Crippen LogP contribution is 2.25. The molecule has 1 saturated heterocycles. The van der Waals surface area contributed by atoms with Crippen molar-refractivity contribution in [2.24, 2.45) is 5.92 Å². The first-order chi connectivity index (χ1) is 7.79. The Bertz CT molecular complexity index is 202. The van der Waals surface area contributed by atoms with Crippen LogP contribution in [0, 0.1) is 5.92 Å². The van der Waals surface area contributed by atoms with Crippen LogP contribution in [0.2, 0.25) is 0 Å². The van der Waals surface area contributed by atoms with Crippen molar-refractivity contribution < 1.29 is 5.11 Å². The number of hydrogen-bond acceptors (Lipinski definition) is 3. The van der Waals surface area contributed by atoms with Crippen molar-refractivity contribution in [3.05, 3.63) is 0 Å². The van der Waals surface area contributed by atoms with Gasteiger partial charge in [-0.2, -0.15) is 0 Å². The van der Waals surface area contributed by atoms with Crippen LogP contribution in [-0.4, -0.2) is 48.8 Å². The van der Waals surface area contributed by atoms with E-state index in [9.17, 15) is 5.11 Å². The molecule has 2 fully saturated rings. The number of aliphatic hydroxyl groups is 1. The molecular formula is C13H26N2O. The molecule has 0 aromatic heterocycles. The normalized spacial score (nSPS) is 34.1. The molecule has 2 rings (SSSR count). The maximum Gasteiger partial charge on any atom is 0.0474 e. The van der Waals surface area contributed by atoms with E-state index in [2.05, 4.69) is 17.3 Å². The summed E-state index contributed by atoms with van der Waals surface area (Å²) in [7, 11) is 2.20. The average molecular weight is 226 g/mol. The van der Waals surface area contributed by atoms with Crippen molar-refractivity contribution in [3.8, 4) is 0 Å². The van der Waals surface area contributed by atoms with E-state index in [1.165, 1.54) is 51.6 Å². The Morgan fingerprint density at radius 3 is 2.50 bits per heavy atom. The quantitative estimate of drug-likeness (QED) is 0.759. The van der Waals surface area contributed by atoms with E-state index in [0.29, 0.717) is 24.6 Å². The van der Waals surface area contributed by atoms with Crippen LogP contribution in [0.15, 0.2) is 0 Å². The highest BCUT2D eigenvalue weighted by Gasteiger charge is 2.27. The van der Waals surface area contributed by atoms with Gasteiger partial charge in [0.1, 0.15) is 0 Å². The lowest BCUT2D eigenvalue weighted by atomic mass is 9.84. The Hall–Kier alpha value is -0.120. The number of nitrogens with zero attached hydrogens (tertiary/aromatic N) is 1. The minimum absolute atomic E-state index is 0.365. The first-order valence-corrected chi connectivity index (χ1v) is 6.85. The lowest BCUT2D eigenvalue weighted by molar-refractivity contribution is 0.132. The summed E-state index contributed by atoms with van der Waals surface area (Å²) in [6.45, 7) is 2.80. The van der Waals surface area contributed by atoms with Crippen LogP contribution < -0.4 is 5.32 Å². The minimum Gasteiger partial charge on any atom is -0.396 e. The zero-order valence-corrected chi connectivity index (χ0v) is 10.5. The van der Waals surface area contributed by atoms with Crippen LogP contribution in [0.3, 0.4) is 0 Å². The molecule has 3 heteroatoms. The third-order valence-electron chi connectivity index (χ3n) is 4.31. The summed E-state index contributed by atoms with van der Waals surface area (Å²) in [6.07, 6.45) is 7.65. The van der Waals surface area contributed by atoms with Gasteiger partial charge >= 0.3 is 0 Å². The van der Waals surface area contributed by atoms with Crippen molar-refractivity contribution in [1.82, 2.24) is 10.2 Å². The molecule has 94 valence electrons. The van der Waals surface area contributed by atoms with E-state index in [0.717, 1.165) is 0 Å². The van der Waals surface area contributed by atoms with Gasteiger partial charge in [0.15, 0.2) is 0 Å². The Labute approximate surface area is 99.2 Å². The number of nitrogens with one attached hydrogen (secondary N) is 1. The second-order valence-corrected chi connectivity index (χ2v) is 5.58. The van der Waals surface area contributed by atoms with Gasteiger partial charge in [0, 0.05) is 18.7 Å². The first-order valence-electron chi connectivity index (χ1n) is 6.85. The summed E-state index contributed by atoms with van der Waals surface area (Å²) in [6, 6.07) is 1.26. The van der Waals surface area contributed by atoms with Crippen molar-refractivity contribution in [2.45, 2.75) is 50.6 Å². The molecule has 0 amide bonds. The van der Waals surface area contributed by atoms with Gasteiger partial charge in [-0.15, -0.1) is 0 Å². The van der Waals surface area contributed by atoms with Gasteiger partial charge in [-0.3, -0.25) is 0 Å². The Morgan fingerprint density at radius 1 is 1.12 bits per heavy atom. The Morgan fingerprint density at radius 2 is 1.81 bits per heavy atom. The second-order valence-electron chi connectivity index (χ2n) is 5.58. The zero-order chi connectivity index (χ0) is 11.4. The molecule has 2 unspecified atom stereocenters. The third kappa shape index (κ3) is 3.19. The van der Waals surface area contributed by atoms with Crippen LogP contribution >= 0.6 is 0 Å². The van der Waals surface area contributed by atoms with E-state index in [1.54, 1.807) is 0 Å². The van der Waals surface area contributed by atoms with Crippen molar-refractivity contribution >= 4 is 0 Å². The molecule has 0 spiro atoms. The fraction of sp³-hybridized carbons (Fsp3) is 1.00. The molecule has 2 atom stereocenters. The Kier molecular flexibility index (Phi) is 4.62. The highest BCUT2D eigenvalue weighted by molar-refractivity contribution is 4.85. The summed E-state index contributed by atoms with van der Waals surface area (Å²) < 4.78 is 0. The van der Waals surface area contributed by atoms with Gasteiger partial charge in [-0.05, 0) is 51.7 Å². The number of aliphatic hydroxyl groups excluding tert-OH is 1. The molecule has 2 N–H and O–H groups in total. The molecule has 2 aliphatic rings. The molecule has 1 aliphatic carbocycles. The molecule has 0 bridgehead atoms. The molecule has 3 nitrogen and oxygen atoms in total. The number of hydrogen-bond donors (Lipinski definition) is 2. The average Bonchev–Trinajstić information content (AvgIpc) is 2.33. The lowest BCUT2D eigenvalue weighted by Crippen LogP contribution is -2.49. The first kappa shape index (κ1) is 12.3. The molecule has 1 heterocycles. The summed E-state index contributed by atoms with van der Waals surface area (Å²) in [5.74, 6) is 0.508. The molecular weight excluding hydrogens is 200 g/mol. The van der Waals surface area contributed by atoms with Crippen LogP contribution in [0.4, 0.5) is 0 Å². The predicted octanol–water partition coefficient (Wildman–Crippen LogP) is 1.22.